The largest absolute Gasteiger partial charge is 0.398 e. The van der Waals surface area contributed by atoms with Gasteiger partial charge >= 0.3 is 11.8 Å². The van der Waals surface area contributed by atoms with Crippen LogP contribution in [0.1, 0.15) is 41.1 Å². The lowest BCUT2D eigenvalue weighted by molar-refractivity contribution is -0.146. The first-order chi connectivity index (χ1) is 14.3. The van der Waals surface area contributed by atoms with Crippen LogP contribution in [-0.2, 0) is 9.59 Å². The zero-order valence-electron chi connectivity index (χ0n) is 17.0. The zero-order valence-corrected chi connectivity index (χ0v) is 17.8. The highest BCUT2D eigenvalue weighted by Crippen LogP contribution is 2.37. The summed E-state index contributed by atoms with van der Waals surface area (Å²) in [6, 6.07) is 5.33. The van der Waals surface area contributed by atoms with Gasteiger partial charge in [0.2, 0.25) is 0 Å². The summed E-state index contributed by atoms with van der Waals surface area (Å²) in [6.45, 7) is 4.37. The number of carbonyl (C=O) groups is 2. The van der Waals surface area contributed by atoms with E-state index in [-0.39, 0.29) is 6.04 Å². The van der Waals surface area contributed by atoms with Gasteiger partial charge in [-0.05, 0) is 55.5 Å². The number of rotatable bonds is 4. The fourth-order valence-electron chi connectivity index (χ4n) is 3.50. The van der Waals surface area contributed by atoms with Crippen molar-refractivity contribution in [3.05, 3.63) is 45.8 Å². The van der Waals surface area contributed by atoms with Crippen LogP contribution in [0, 0.1) is 18.3 Å². The van der Waals surface area contributed by atoms with Crippen molar-refractivity contribution in [1.29, 1.82) is 5.41 Å². The molecule has 0 unspecified atom stereocenters. The molecule has 2 amide bonds. The molecule has 2 atom stereocenters. The number of nitrogens with two attached hydrogens (primary N) is 2. The molecule has 0 aromatic carbocycles. The molecule has 0 aliphatic carbocycles. The van der Waals surface area contributed by atoms with Crippen LogP contribution in [0.15, 0.2) is 30.5 Å². The zero-order chi connectivity index (χ0) is 21.8. The summed E-state index contributed by atoms with van der Waals surface area (Å²) in [4.78, 5) is 33.2. The lowest BCUT2D eigenvalue weighted by Gasteiger charge is -2.37. The summed E-state index contributed by atoms with van der Waals surface area (Å²) < 4.78 is 0. The third-order valence-corrected chi connectivity index (χ3v) is 6.39. The Bertz CT molecular complexity index is 999. The number of aromatic nitrogens is 1. The first kappa shape index (κ1) is 21.5. The molecule has 1 aliphatic heterocycles. The molecule has 2 aromatic rings. The molecule has 1 aliphatic rings. The molecule has 1 saturated heterocycles. The average Bonchev–Trinajstić information content (AvgIpc) is 3.20. The lowest BCUT2D eigenvalue weighted by atomic mass is 9.93. The van der Waals surface area contributed by atoms with Crippen LogP contribution in [0.5, 0.6) is 0 Å². The Morgan fingerprint density at radius 1 is 1.37 bits per heavy atom. The molecule has 9 heteroatoms. The van der Waals surface area contributed by atoms with Gasteiger partial charge in [-0.1, -0.05) is 6.92 Å². The molecule has 3 heterocycles. The maximum Gasteiger partial charge on any atom is 0.313 e. The van der Waals surface area contributed by atoms with Crippen molar-refractivity contribution in [2.24, 2.45) is 11.7 Å². The number of nitrogens with zero attached hydrogens (tertiary/aromatic N) is 2. The Balaban J connectivity index is 1.80. The summed E-state index contributed by atoms with van der Waals surface area (Å²) in [7, 11) is 0. The van der Waals surface area contributed by atoms with Crippen molar-refractivity contribution in [3.63, 3.8) is 0 Å². The minimum Gasteiger partial charge on any atom is -0.398 e. The van der Waals surface area contributed by atoms with Gasteiger partial charge in [0.1, 0.15) is 5.82 Å². The second-order valence-electron chi connectivity index (χ2n) is 7.53. The van der Waals surface area contributed by atoms with Gasteiger partial charge in [0.25, 0.3) is 0 Å². The maximum absolute atomic E-state index is 13.0. The fraction of sp³-hybridized carbons (Fsp3) is 0.333. The van der Waals surface area contributed by atoms with Gasteiger partial charge in [-0.2, -0.15) is 0 Å². The van der Waals surface area contributed by atoms with E-state index in [1.807, 2.05) is 12.1 Å². The number of anilines is 2. The van der Waals surface area contributed by atoms with Crippen LogP contribution in [0.2, 0.25) is 0 Å². The fourth-order valence-corrected chi connectivity index (χ4v) is 4.59. The Morgan fingerprint density at radius 2 is 2.13 bits per heavy atom. The van der Waals surface area contributed by atoms with E-state index in [0.29, 0.717) is 29.7 Å². The lowest BCUT2D eigenvalue weighted by Crippen LogP contribution is -2.46. The van der Waals surface area contributed by atoms with Gasteiger partial charge in [0, 0.05) is 17.6 Å². The molecular formula is C21H26N6O2S. The third-order valence-electron chi connectivity index (χ3n) is 5.15. The number of likely N-dealkylation sites (tertiary alicyclic amines) is 1. The summed E-state index contributed by atoms with van der Waals surface area (Å²) in [5.74, 6) is -0.575. The molecule has 0 bridgehead atoms. The predicted octanol–water partition coefficient (Wildman–Crippen LogP) is 2.92. The van der Waals surface area contributed by atoms with Crippen LogP contribution >= 0.6 is 11.3 Å². The van der Waals surface area contributed by atoms with Gasteiger partial charge in [0.15, 0.2) is 0 Å². The number of hydrogen-bond acceptors (Lipinski definition) is 7. The monoisotopic (exact) mass is 426 g/mol. The number of aryl methyl sites for hydroxylation is 1. The standard InChI is InChI=1S/C21H26N6O2S/c1-12-3-4-16(18-6-5-17(30-18)15(23)7-8-22)27(11-12)21(29)20(28)26-14-9-13(2)19(24)25-10-14/h5-10,12,16,22H,3-4,11,23H2,1-2H3,(H2,24,25)(H,26,28)/b15-7-,22-8?/t12-,16+/m1/s1. The van der Waals surface area contributed by atoms with Crippen molar-refractivity contribution in [1.82, 2.24) is 9.88 Å². The number of hydrogen-bond donors (Lipinski definition) is 4. The van der Waals surface area contributed by atoms with Crippen LogP contribution < -0.4 is 16.8 Å². The predicted molar refractivity (Wildman–Crippen MR) is 120 cm³/mol. The summed E-state index contributed by atoms with van der Waals surface area (Å²) >= 11 is 1.48. The van der Waals surface area contributed by atoms with E-state index in [4.69, 9.17) is 16.9 Å². The molecule has 8 nitrogen and oxygen atoms in total. The maximum atomic E-state index is 13.0. The molecule has 1 fully saturated rings. The molecule has 30 heavy (non-hydrogen) atoms. The van der Waals surface area contributed by atoms with E-state index < -0.39 is 11.8 Å². The van der Waals surface area contributed by atoms with Crippen molar-refractivity contribution in [2.75, 3.05) is 17.6 Å². The number of nitrogen functional groups attached to an aromatic ring is 1. The number of amides is 2. The number of thiophene rings is 1. The number of nitrogens with one attached hydrogen (secondary N) is 2. The second kappa shape index (κ2) is 9.08. The minimum absolute atomic E-state index is 0.183. The minimum atomic E-state index is -0.694. The van der Waals surface area contributed by atoms with E-state index in [1.165, 1.54) is 23.6 Å². The first-order valence-corrected chi connectivity index (χ1v) is 10.5. The number of piperidine rings is 1. The Labute approximate surface area is 179 Å². The molecule has 0 radical (unpaired) electrons. The summed E-state index contributed by atoms with van der Waals surface area (Å²) in [6.07, 6.45) is 5.85. The number of allylic oxidation sites excluding steroid dienone is 1. The molecule has 0 saturated carbocycles. The van der Waals surface area contributed by atoms with E-state index in [0.717, 1.165) is 34.4 Å². The highest BCUT2D eigenvalue weighted by Gasteiger charge is 2.35. The highest BCUT2D eigenvalue weighted by molar-refractivity contribution is 7.13. The average molecular weight is 427 g/mol. The van der Waals surface area contributed by atoms with E-state index in [1.54, 1.807) is 17.9 Å². The molecule has 0 spiro atoms. The molecule has 2 aromatic heterocycles. The van der Waals surface area contributed by atoms with Gasteiger partial charge in [0.05, 0.1) is 28.5 Å². The van der Waals surface area contributed by atoms with Crippen LogP contribution in [-0.4, -0.2) is 34.5 Å². The molecule has 3 rings (SSSR count). The van der Waals surface area contributed by atoms with Crippen molar-refractivity contribution < 1.29 is 9.59 Å². The Morgan fingerprint density at radius 3 is 2.83 bits per heavy atom. The normalized spacial score (nSPS) is 19.4. The molecule has 6 N–H and O–H groups in total. The van der Waals surface area contributed by atoms with E-state index >= 15 is 0 Å². The number of pyridine rings is 1. The van der Waals surface area contributed by atoms with Crippen LogP contribution in [0.4, 0.5) is 11.5 Å². The van der Waals surface area contributed by atoms with E-state index in [2.05, 4.69) is 17.2 Å². The topological polar surface area (TPSA) is 138 Å². The smallest absolute Gasteiger partial charge is 0.313 e. The highest BCUT2D eigenvalue weighted by atomic mass is 32.1. The Kier molecular flexibility index (Phi) is 6.51. The SMILES string of the molecule is Cc1cc(NC(=O)C(=O)N2C[C@H](C)CC[C@H]2c2ccc(/C(N)=C/C=N)s2)cnc1N. The summed E-state index contributed by atoms with van der Waals surface area (Å²) in [5, 5.41) is 9.81. The molecule has 158 valence electrons. The molecular weight excluding hydrogens is 400 g/mol. The van der Waals surface area contributed by atoms with Crippen molar-refractivity contribution in [3.8, 4) is 0 Å². The van der Waals surface area contributed by atoms with E-state index in [9.17, 15) is 9.59 Å². The van der Waals surface area contributed by atoms with Gasteiger partial charge in [-0.25, -0.2) is 4.98 Å². The van der Waals surface area contributed by atoms with Gasteiger partial charge in [-0.15, -0.1) is 11.3 Å². The van der Waals surface area contributed by atoms with Crippen LogP contribution in [0.25, 0.3) is 5.70 Å². The first-order valence-electron chi connectivity index (χ1n) is 9.70. The quantitative estimate of drug-likeness (QED) is 0.440. The second-order valence-corrected chi connectivity index (χ2v) is 8.64. The van der Waals surface area contributed by atoms with Crippen LogP contribution in [0.3, 0.4) is 0 Å². The number of carbonyl (C=O) groups excluding carboxylic acids is 2. The summed E-state index contributed by atoms with van der Waals surface area (Å²) in [5.41, 5.74) is 13.4. The van der Waals surface area contributed by atoms with Crippen molar-refractivity contribution in [2.45, 2.75) is 32.7 Å². The Hall–Kier alpha value is -3.20. The van der Waals surface area contributed by atoms with Gasteiger partial charge in [-0.3, -0.25) is 9.59 Å². The van der Waals surface area contributed by atoms with Crippen molar-refractivity contribution >= 4 is 46.6 Å². The van der Waals surface area contributed by atoms with Gasteiger partial charge < -0.3 is 27.1 Å². The third kappa shape index (κ3) is 4.68.